The van der Waals surface area contributed by atoms with E-state index in [1.165, 1.54) is 11.1 Å². The van der Waals surface area contributed by atoms with E-state index in [4.69, 9.17) is 0 Å². The minimum Gasteiger partial charge on any atom is -0.391 e. The van der Waals surface area contributed by atoms with Crippen LogP contribution in [-0.4, -0.2) is 28.2 Å². The molecule has 1 fully saturated rings. The van der Waals surface area contributed by atoms with Crippen molar-refractivity contribution in [2.45, 2.75) is 51.8 Å². The summed E-state index contributed by atoms with van der Waals surface area (Å²) in [7, 11) is 0. The smallest absolute Gasteiger partial charge is 0.0719 e. The molecule has 1 heterocycles. The Morgan fingerprint density at radius 2 is 2.06 bits per heavy atom. The Morgan fingerprint density at radius 3 is 2.76 bits per heavy atom. The fourth-order valence-corrected chi connectivity index (χ4v) is 2.60. The molecule has 0 amide bonds. The lowest BCUT2D eigenvalue weighted by Crippen LogP contribution is -2.55. The highest BCUT2D eigenvalue weighted by molar-refractivity contribution is 5.25. The lowest BCUT2D eigenvalue weighted by atomic mass is 9.86. The normalized spacial score (nSPS) is 24.8. The van der Waals surface area contributed by atoms with Crippen LogP contribution < -0.4 is 0 Å². The summed E-state index contributed by atoms with van der Waals surface area (Å²) in [6.07, 6.45) is 1.81. The number of piperidine rings is 1. The van der Waals surface area contributed by atoms with Gasteiger partial charge in [0, 0.05) is 12.1 Å². The van der Waals surface area contributed by atoms with Crippen LogP contribution in [0.4, 0.5) is 0 Å². The van der Waals surface area contributed by atoms with Gasteiger partial charge >= 0.3 is 0 Å². The molecule has 1 unspecified atom stereocenters. The molecule has 1 atom stereocenters. The molecule has 0 bridgehead atoms. The Morgan fingerprint density at radius 1 is 1.35 bits per heavy atom. The number of rotatable bonds is 2. The van der Waals surface area contributed by atoms with Crippen LogP contribution in [0.2, 0.25) is 0 Å². The third-order valence-electron chi connectivity index (χ3n) is 4.16. The first-order valence-electron chi connectivity index (χ1n) is 6.49. The van der Waals surface area contributed by atoms with Gasteiger partial charge in [-0.25, -0.2) is 0 Å². The van der Waals surface area contributed by atoms with E-state index in [-0.39, 0.29) is 11.6 Å². The van der Waals surface area contributed by atoms with Crippen LogP contribution in [0.5, 0.6) is 0 Å². The summed E-state index contributed by atoms with van der Waals surface area (Å²) < 4.78 is 0. The first-order valence-corrected chi connectivity index (χ1v) is 6.49. The summed E-state index contributed by atoms with van der Waals surface area (Å²) in [6.45, 7) is 8.47. The fraction of sp³-hybridized carbons (Fsp3) is 0.600. The van der Waals surface area contributed by atoms with Gasteiger partial charge in [-0.3, -0.25) is 4.90 Å². The van der Waals surface area contributed by atoms with E-state index in [1.807, 2.05) is 0 Å². The molecule has 0 aromatic heterocycles. The number of hydrogen-bond donors (Lipinski definition) is 1. The van der Waals surface area contributed by atoms with E-state index in [9.17, 15) is 5.11 Å². The van der Waals surface area contributed by atoms with E-state index >= 15 is 0 Å². The van der Waals surface area contributed by atoms with Crippen LogP contribution in [0.3, 0.4) is 0 Å². The maximum atomic E-state index is 10.1. The molecule has 0 aliphatic carbocycles. The first-order chi connectivity index (χ1) is 8.01. The molecule has 1 N–H and O–H groups in total. The summed E-state index contributed by atoms with van der Waals surface area (Å²) in [4.78, 5) is 2.41. The Kier molecular flexibility index (Phi) is 3.55. The van der Waals surface area contributed by atoms with E-state index < -0.39 is 0 Å². The maximum absolute atomic E-state index is 10.1. The van der Waals surface area contributed by atoms with E-state index in [0.29, 0.717) is 0 Å². The predicted molar refractivity (Wildman–Crippen MR) is 70.9 cm³/mol. The Labute approximate surface area is 104 Å². The number of nitrogens with zero attached hydrogens (tertiary/aromatic N) is 1. The van der Waals surface area contributed by atoms with Gasteiger partial charge in [-0.2, -0.15) is 0 Å². The molecule has 1 aliphatic rings. The summed E-state index contributed by atoms with van der Waals surface area (Å²) in [5.74, 6) is 0. The van der Waals surface area contributed by atoms with Crippen LogP contribution in [0, 0.1) is 6.92 Å². The van der Waals surface area contributed by atoms with Crippen LogP contribution in [0.25, 0.3) is 0 Å². The molecule has 1 aromatic rings. The second-order valence-corrected chi connectivity index (χ2v) is 5.66. The molecule has 0 radical (unpaired) electrons. The lowest BCUT2D eigenvalue weighted by Gasteiger charge is -2.46. The van der Waals surface area contributed by atoms with Crippen LogP contribution in [0.1, 0.15) is 37.8 Å². The summed E-state index contributed by atoms with van der Waals surface area (Å²) >= 11 is 0. The van der Waals surface area contributed by atoms with Gasteiger partial charge in [-0.1, -0.05) is 24.3 Å². The van der Waals surface area contributed by atoms with Gasteiger partial charge in [0.25, 0.3) is 0 Å². The second kappa shape index (κ2) is 4.79. The topological polar surface area (TPSA) is 23.5 Å². The number of aliphatic hydroxyl groups excluding tert-OH is 1. The number of benzene rings is 1. The van der Waals surface area contributed by atoms with Crippen molar-refractivity contribution in [3.8, 4) is 0 Å². The number of aliphatic hydroxyl groups is 1. The van der Waals surface area contributed by atoms with Crippen LogP contribution in [-0.2, 0) is 6.54 Å². The molecule has 0 spiro atoms. The van der Waals surface area contributed by atoms with E-state index in [1.54, 1.807) is 0 Å². The predicted octanol–water partition coefficient (Wildman–Crippen LogP) is 2.73. The lowest BCUT2D eigenvalue weighted by molar-refractivity contribution is -0.0481. The van der Waals surface area contributed by atoms with Crippen molar-refractivity contribution in [3.63, 3.8) is 0 Å². The first kappa shape index (κ1) is 12.6. The zero-order valence-corrected chi connectivity index (χ0v) is 11.1. The SMILES string of the molecule is Cc1ccccc1CN1CCCC(O)C1(C)C. The van der Waals surface area contributed by atoms with E-state index in [0.717, 1.165) is 25.9 Å². The summed E-state index contributed by atoms with van der Waals surface area (Å²) in [6, 6.07) is 8.51. The third-order valence-corrected chi connectivity index (χ3v) is 4.16. The Hall–Kier alpha value is -0.860. The Balaban J connectivity index is 2.15. The number of likely N-dealkylation sites (tertiary alicyclic amines) is 1. The van der Waals surface area contributed by atoms with E-state index in [2.05, 4.69) is 49.9 Å². The van der Waals surface area contributed by atoms with Crippen LogP contribution in [0.15, 0.2) is 24.3 Å². The van der Waals surface area contributed by atoms with Crippen molar-refractivity contribution in [1.82, 2.24) is 4.90 Å². The highest BCUT2D eigenvalue weighted by Gasteiger charge is 2.37. The standard InChI is InChI=1S/C15H23NO/c1-12-7-4-5-8-13(12)11-16-10-6-9-14(17)15(16,2)3/h4-5,7-8,14,17H,6,9-11H2,1-3H3. The Bertz CT molecular complexity index is 386. The molecule has 1 saturated heterocycles. The highest BCUT2D eigenvalue weighted by Crippen LogP contribution is 2.29. The molecule has 2 heteroatoms. The van der Waals surface area contributed by atoms with Crippen molar-refractivity contribution < 1.29 is 5.11 Å². The van der Waals surface area contributed by atoms with Crippen molar-refractivity contribution in [2.75, 3.05) is 6.54 Å². The minimum atomic E-state index is -0.208. The summed E-state index contributed by atoms with van der Waals surface area (Å²) in [5.41, 5.74) is 2.60. The highest BCUT2D eigenvalue weighted by atomic mass is 16.3. The second-order valence-electron chi connectivity index (χ2n) is 5.66. The van der Waals surface area contributed by atoms with Gasteiger partial charge in [-0.15, -0.1) is 0 Å². The minimum absolute atomic E-state index is 0.111. The van der Waals surface area contributed by atoms with Gasteiger partial charge in [-0.05, 0) is 51.3 Å². The molecule has 2 nitrogen and oxygen atoms in total. The van der Waals surface area contributed by atoms with Gasteiger partial charge in [0.05, 0.1) is 6.10 Å². The average Bonchev–Trinajstić information content (AvgIpc) is 2.28. The molecule has 2 rings (SSSR count). The molecule has 0 saturated carbocycles. The maximum Gasteiger partial charge on any atom is 0.0719 e. The molecular weight excluding hydrogens is 210 g/mol. The fourth-order valence-electron chi connectivity index (χ4n) is 2.60. The average molecular weight is 233 g/mol. The zero-order chi connectivity index (χ0) is 12.5. The van der Waals surface area contributed by atoms with Crippen LogP contribution >= 0.6 is 0 Å². The van der Waals surface area contributed by atoms with Gasteiger partial charge in [0.1, 0.15) is 0 Å². The molecule has 1 aromatic carbocycles. The van der Waals surface area contributed by atoms with Gasteiger partial charge in [0.2, 0.25) is 0 Å². The van der Waals surface area contributed by atoms with Crippen molar-refractivity contribution in [3.05, 3.63) is 35.4 Å². The third kappa shape index (κ3) is 2.53. The van der Waals surface area contributed by atoms with Crippen molar-refractivity contribution >= 4 is 0 Å². The van der Waals surface area contributed by atoms with Crippen molar-refractivity contribution in [2.24, 2.45) is 0 Å². The quantitative estimate of drug-likeness (QED) is 0.849. The van der Waals surface area contributed by atoms with Gasteiger partial charge < -0.3 is 5.11 Å². The summed E-state index contributed by atoms with van der Waals surface area (Å²) in [5, 5.41) is 10.1. The molecule has 1 aliphatic heterocycles. The zero-order valence-electron chi connectivity index (χ0n) is 11.1. The van der Waals surface area contributed by atoms with Gasteiger partial charge in [0.15, 0.2) is 0 Å². The number of aryl methyl sites for hydroxylation is 1. The molecule has 17 heavy (non-hydrogen) atoms. The monoisotopic (exact) mass is 233 g/mol. The molecular formula is C15H23NO. The molecule has 94 valence electrons. The van der Waals surface area contributed by atoms with Crippen molar-refractivity contribution in [1.29, 1.82) is 0 Å². The number of hydrogen-bond acceptors (Lipinski definition) is 2. The largest absolute Gasteiger partial charge is 0.391 e.